The van der Waals surface area contributed by atoms with Gasteiger partial charge in [-0.3, -0.25) is 13.9 Å². The summed E-state index contributed by atoms with van der Waals surface area (Å²) in [5.41, 5.74) is 1.99. The number of likely N-dealkylation sites (N-methyl/N-ethyl adjacent to an activating group) is 1. The Morgan fingerprint density at radius 2 is 1.55 bits per heavy atom. The zero-order valence-corrected chi connectivity index (χ0v) is 23.0. The summed E-state index contributed by atoms with van der Waals surface area (Å²) in [5, 5.41) is 2.57. The Bertz CT molecular complexity index is 1380. The summed E-state index contributed by atoms with van der Waals surface area (Å²) >= 11 is 0. The summed E-state index contributed by atoms with van der Waals surface area (Å²) < 4.78 is 39.4. The van der Waals surface area contributed by atoms with Crippen molar-refractivity contribution in [3.05, 3.63) is 83.9 Å². The van der Waals surface area contributed by atoms with Crippen molar-refractivity contribution in [3.8, 4) is 11.5 Å². The average molecular weight is 540 g/mol. The van der Waals surface area contributed by atoms with Gasteiger partial charge in [-0.25, -0.2) is 8.42 Å². The van der Waals surface area contributed by atoms with Crippen molar-refractivity contribution in [2.45, 2.75) is 31.3 Å². The predicted molar refractivity (Wildman–Crippen MR) is 146 cm³/mol. The van der Waals surface area contributed by atoms with Crippen LogP contribution in [0.3, 0.4) is 0 Å². The zero-order valence-electron chi connectivity index (χ0n) is 22.2. The van der Waals surface area contributed by atoms with E-state index in [-0.39, 0.29) is 28.8 Å². The molecule has 0 fully saturated rings. The Balaban J connectivity index is 2.08. The van der Waals surface area contributed by atoms with Crippen molar-refractivity contribution in [1.29, 1.82) is 0 Å². The fourth-order valence-corrected chi connectivity index (χ4v) is 5.41. The third-order valence-electron chi connectivity index (χ3n) is 6.30. The Morgan fingerprint density at radius 1 is 0.921 bits per heavy atom. The number of amides is 2. The van der Waals surface area contributed by atoms with Gasteiger partial charge in [0.05, 0.1) is 24.8 Å². The lowest BCUT2D eigenvalue weighted by molar-refractivity contribution is -0.139. The van der Waals surface area contributed by atoms with E-state index >= 15 is 0 Å². The Labute approximate surface area is 224 Å². The standard InChI is InChI=1S/C28H33N3O6S/c1-20-10-6-7-11-22(20)18-30(21(2)28(33)29-3)27(32)19-31(25-12-8-9-13-26(25)37-5)38(34,35)24-16-14-23(36-4)15-17-24/h6-17,21H,18-19H2,1-5H3,(H,29,33). The van der Waals surface area contributed by atoms with E-state index in [1.54, 1.807) is 31.2 Å². The monoisotopic (exact) mass is 539 g/mol. The van der Waals surface area contributed by atoms with Crippen LogP contribution in [-0.2, 0) is 26.2 Å². The molecular weight excluding hydrogens is 506 g/mol. The zero-order chi connectivity index (χ0) is 27.9. The van der Waals surface area contributed by atoms with E-state index in [9.17, 15) is 18.0 Å². The number of aryl methyl sites for hydroxylation is 1. The summed E-state index contributed by atoms with van der Waals surface area (Å²) in [6.07, 6.45) is 0. The van der Waals surface area contributed by atoms with Gasteiger partial charge in [0.1, 0.15) is 24.1 Å². The molecule has 0 saturated heterocycles. The van der Waals surface area contributed by atoms with Crippen molar-refractivity contribution in [2.24, 2.45) is 0 Å². The predicted octanol–water partition coefficient (Wildman–Crippen LogP) is 3.37. The van der Waals surface area contributed by atoms with Crippen LogP contribution in [0.4, 0.5) is 5.69 Å². The maximum atomic E-state index is 13.9. The number of hydrogen-bond acceptors (Lipinski definition) is 6. The van der Waals surface area contributed by atoms with Gasteiger partial charge < -0.3 is 19.7 Å². The fraction of sp³-hybridized carbons (Fsp3) is 0.286. The lowest BCUT2D eigenvalue weighted by Gasteiger charge is -2.32. The molecule has 3 aromatic carbocycles. The number of rotatable bonds is 11. The van der Waals surface area contributed by atoms with Gasteiger partial charge in [-0.1, -0.05) is 36.4 Å². The van der Waals surface area contributed by atoms with E-state index < -0.39 is 28.5 Å². The summed E-state index contributed by atoms with van der Waals surface area (Å²) in [6, 6.07) is 19.1. The molecule has 9 nitrogen and oxygen atoms in total. The van der Waals surface area contributed by atoms with Crippen LogP contribution < -0.4 is 19.1 Å². The quantitative estimate of drug-likeness (QED) is 0.401. The SMILES string of the molecule is CNC(=O)C(C)N(Cc1ccccc1C)C(=O)CN(c1ccccc1OC)S(=O)(=O)c1ccc(OC)cc1. The number of anilines is 1. The first-order valence-electron chi connectivity index (χ1n) is 12.0. The van der Waals surface area contributed by atoms with Crippen molar-refractivity contribution in [1.82, 2.24) is 10.2 Å². The number of carbonyl (C=O) groups excluding carboxylic acids is 2. The second-order valence-electron chi connectivity index (χ2n) is 8.60. The van der Waals surface area contributed by atoms with Crippen LogP contribution in [0.2, 0.25) is 0 Å². The smallest absolute Gasteiger partial charge is 0.264 e. The maximum Gasteiger partial charge on any atom is 0.264 e. The number of sulfonamides is 1. The molecule has 10 heteroatoms. The third-order valence-corrected chi connectivity index (χ3v) is 8.07. The fourth-order valence-electron chi connectivity index (χ4n) is 3.99. The summed E-state index contributed by atoms with van der Waals surface area (Å²) in [7, 11) is 0.181. The first kappa shape index (κ1) is 28.5. The molecule has 1 unspecified atom stereocenters. The van der Waals surface area contributed by atoms with Crippen LogP contribution in [0.25, 0.3) is 0 Å². The minimum Gasteiger partial charge on any atom is -0.497 e. The average Bonchev–Trinajstić information content (AvgIpc) is 2.94. The van der Waals surface area contributed by atoms with Crippen LogP contribution in [0.5, 0.6) is 11.5 Å². The van der Waals surface area contributed by atoms with Crippen LogP contribution in [-0.4, -0.2) is 59.0 Å². The molecule has 0 radical (unpaired) electrons. The Morgan fingerprint density at radius 3 is 2.16 bits per heavy atom. The highest BCUT2D eigenvalue weighted by Crippen LogP contribution is 2.33. The molecule has 202 valence electrons. The van der Waals surface area contributed by atoms with Crippen LogP contribution in [0.1, 0.15) is 18.1 Å². The molecule has 0 saturated carbocycles. The van der Waals surface area contributed by atoms with Crippen molar-refractivity contribution in [2.75, 3.05) is 32.1 Å². The second kappa shape index (κ2) is 12.5. The molecule has 0 aliphatic rings. The molecule has 1 N–H and O–H groups in total. The van der Waals surface area contributed by atoms with Gasteiger partial charge in [-0.2, -0.15) is 0 Å². The van der Waals surface area contributed by atoms with E-state index in [1.807, 2.05) is 31.2 Å². The van der Waals surface area contributed by atoms with Gasteiger partial charge in [0.2, 0.25) is 11.8 Å². The number of carbonyl (C=O) groups is 2. The lowest BCUT2D eigenvalue weighted by atomic mass is 10.1. The van der Waals surface area contributed by atoms with Crippen LogP contribution in [0.15, 0.2) is 77.7 Å². The van der Waals surface area contributed by atoms with E-state index in [0.717, 1.165) is 15.4 Å². The van der Waals surface area contributed by atoms with E-state index in [2.05, 4.69) is 5.32 Å². The highest BCUT2D eigenvalue weighted by atomic mass is 32.2. The van der Waals surface area contributed by atoms with Gasteiger partial charge >= 0.3 is 0 Å². The number of benzene rings is 3. The highest BCUT2D eigenvalue weighted by molar-refractivity contribution is 7.92. The molecule has 38 heavy (non-hydrogen) atoms. The highest BCUT2D eigenvalue weighted by Gasteiger charge is 2.33. The minimum absolute atomic E-state index is 0.0261. The van der Waals surface area contributed by atoms with Crippen molar-refractivity contribution < 1.29 is 27.5 Å². The minimum atomic E-state index is -4.22. The maximum absolute atomic E-state index is 13.9. The van der Waals surface area contributed by atoms with E-state index in [4.69, 9.17) is 9.47 Å². The molecule has 0 aliphatic heterocycles. The van der Waals surface area contributed by atoms with Crippen LogP contribution in [0, 0.1) is 6.92 Å². The van der Waals surface area contributed by atoms with Gasteiger partial charge in [0, 0.05) is 13.6 Å². The topological polar surface area (TPSA) is 105 Å². The van der Waals surface area contributed by atoms with Gasteiger partial charge in [-0.15, -0.1) is 0 Å². The number of hydrogen-bond donors (Lipinski definition) is 1. The van der Waals surface area contributed by atoms with Gasteiger partial charge in [0.15, 0.2) is 0 Å². The molecule has 0 aliphatic carbocycles. The first-order valence-corrected chi connectivity index (χ1v) is 13.4. The van der Waals surface area contributed by atoms with Crippen LogP contribution >= 0.6 is 0 Å². The summed E-state index contributed by atoms with van der Waals surface area (Å²) in [6.45, 7) is 3.10. The second-order valence-corrected chi connectivity index (χ2v) is 10.5. The first-order chi connectivity index (χ1) is 18.1. The normalized spacial score (nSPS) is 11.8. The van der Waals surface area contributed by atoms with E-state index in [1.165, 1.54) is 50.4 Å². The number of ether oxygens (including phenoxy) is 2. The largest absolute Gasteiger partial charge is 0.497 e. The summed E-state index contributed by atoms with van der Waals surface area (Å²) in [5.74, 6) is -0.143. The Hall–Kier alpha value is -4.05. The van der Waals surface area contributed by atoms with Gasteiger partial charge in [-0.05, 0) is 61.4 Å². The molecular formula is C28H33N3O6S. The summed E-state index contributed by atoms with van der Waals surface area (Å²) in [4.78, 5) is 27.8. The van der Waals surface area contributed by atoms with Crippen molar-refractivity contribution in [3.63, 3.8) is 0 Å². The number of nitrogens with zero attached hydrogens (tertiary/aromatic N) is 2. The molecule has 0 heterocycles. The third kappa shape index (κ3) is 6.25. The number of methoxy groups -OCH3 is 2. The van der Waals surface area contributed by atoms with Gasteiger partial charge in [0.25, 0.3) is 10.0 Å². The molecule has 1 atom stereocenters. The molecule has 0 bridgehead atoms. The molecule has 2 amide bonds. The molecule has 3 rings (SSSR count). The molecule has 0 aromatic heterocycles. The van der Waals surface area contributed by atoms with Crippen molar-refractivity contribution >= 4 is 27.5 Å². The number of nitrogens with one attached hydrogen (secondary N) is 1. The Kier molecular flexibility index (Phi) is 9.35. The number of para-hydroxylation sites is 2. The molecule has 3 aromatic rings. The van der Waals surface area contributed by atoms with E-state index in [0.29, 0.717) is 5.75 Å². The molecule has 0 spiro atoms. The lowest BCUT2D eigenvalue weighted by Crippen LogP contribution is -2.50.